The van der Waals surface area contributed by atoms with Crippen molar-refractivity contribution in [3.8, 4) is 0 Å². The SMILES string of the molecule is CCNC1CCC(CC)CC1n1nc(C)nc1C. The molecule has 4 heteroatoms. The molecule has 3 atom stereocenters. The first-order valence-corrected chi connectivity index (χ1v) is 7.28. The van der Waals surface area contributed by atoms with Gasteiger partial charge < -0.3 is 5.32 Å². The molecule has 4 nitrogen and oxygen atoms in total. The summed E-state index contributed by atoms with van der Waals surface area (Å²) in [6.45, 7) is 9.56. The van der Waals surface area contributed by atoms with E-state index in [1.165, 1.54) is 25.7 Å². The van der Waals surface area contributed by atoms with Crippen LogP contribution < -0.4 is 5.32 Å². The maximum Gasteiger partial charge on any atom is 0.147 e. The standard InChI is InChI=1S/C14H26N4/c1-5-12-7-8-13(15-6-2)14(9-12)18-11(4)16-10(3)17-18/h12-15H,5-9H2,1-4H3. The Morgan fingerprint density at radius 3 is 2.61 bits per heavy atom. The van der Waals surface area contributed by atoms with E-state index in [1.54, 1.807) is 0 Å². The summed E-state index contributed by atoms with van der Waals surface area (Å²) in [7, 11) is 0. The van der Waals surface area contributed by atoms with Crippen molar-refractivity contribution in [2.75, 3.05) is 6.54 Å². The van der Waals surface area contributed by atoms with E-state index < -0.39 is 0 Å². The van der Waals surface area contributed by atoms with Gasteiger partial charge >= 0.3 is 0 Å². The molecule has 1 aromatic heterocycles. The van der Waals surface area contributed by atoms with Crippen molar-refractivity contribution in [2.24, 2.45) is 5.92 Å². The van der Waals surface area contributed by atoms with E-state index >= 15 is 0 Å². The van der Waals surface area contributed by atoms with Gasteiger partial charge in [0, 0.05) is 6.04 Å². The van der Waals surface area contributed by atoms with E-state index in [0.29, 0.717) is 12.1 Å². The highest BCUT2D eigenvalue weighted by molar-refractivity contribution is 4.96. The van der Waals surface area contributed by atoms with Crippen molar-refractivity contribution in [1.29, 1.82) is 0 Å². The van der Waals surface area contributed by atoms with Gasteiger partial charge in [0.05, 0.1) is 6.04 Å². The fourth-order valence-corrected chi connectivity index (χ4v) is 3.22. The van der Waals surface area contributed by atoms with Crippen LogP contribution in [0.15, 0.2) is 0 Å². The van der Waals surface area contributed by atoms with Crippen LogP contribution in [0, 0.1) is 19.8 Å². The zero-order valence-electron chi connectivity index (χ0n) is 12.1. The van der Waals surface area contributed by atoms with Crippen molar-refractivity contribution in [3.05, 3.63) is 11.6 Å². The van der Waals surface area contributed by atoms with Crippen LogP contribution in [0.2, 0.25) is 0 Å². The van der Waals surface area contributed by atoms with Crippen LogP contribution >= 0.6 is 0 Å². The minimum Gasteiger partial charge on any atom is -0.312 e. The normalized spacial score (nSPS) is 28.6. The highest BCUT2D eigenvalue weighted by Crippen LogP contribution is 2.34. The lowest BCUT2D eigenvalue weighted by Crippen LogP contribution is -2.42. The molecule has 0 saturated heterocycles. The number of aromatic nitrogens is 3. The maximum atomic E-state index is 4.60. The minimum atomic E-state index is 0.477. The van der Waals surface area contributed by atoms with Gasteiger partial charge in [0.15, 0.2) is 0 Å². The lowest BCUT2D eigenvalue weighted by atomic mass is 9.81. The van der Waals surface area contributed by atoms with Crippen molar-refractivity contribution in [1.82, 2.24) is 20.1 Å². The molecule has 0 amide bonds. The van der Waals surface area contributed by atoms with Crippen LogP contribution in [0.5, 0.6) is 0 Å². The molecule has 2 rings (SSSR count). The second-order valence-electron chi connectivity index (χ2n) is 5.47. The molecule has 1 aliphatic rings. The number of aryl methyl sites for hydroxylation is 2. The van der Waals surface area contributed by atoms with Crippen LogP contribution in [-0.4, -0.2) is 27.4 Å². The minimum absolute atomic E-state index is 0.477. The Morgan fingerprint density at radius 1 is 1.28 bits per heavy atom. The molecule has 0 bridgehead atoms. The number of hydrogen-bond acceptors (Lipinski definition) is 3. The summed E-state index contributed by atoms with van der Waals surface area (Å²) in [5.41, 5.74) is 0. The highest BCUT2D eigenvalue weighted by Gasteiger charge is 2.32. The Kier molecular flexibility index (Phi) is 4.38. The van der Waals surface area contributed by atoms with Crippen LogP contribution in [0.1, 0.15) is 57.2 Å². The van der Waals surface area contributed by atoms with Crippen molar-refractivity contribution < 1.29 is 0 Å². The summed E-state index contributed by atoms with van der Waals surface area (Å²) in [5, 5.41) is 8.23. The Morgan fingerprint density at radius 2 is 2.06 bits per heavy atom. The molecule has 3 unspecified atom stereocenters. The smallest absolute Gasteiger partial charge is 0.147 e. The van der Waals surface area contributed by atoms with E-state index in [-0.39, 0.29) is 0 Å². The van der Waals surface area contributed by atoms with Crippen molar-refractivity contribution in [2.45, 2.75) is 65.5 Å². The summed E-state index contributed by atoms with van der Waals surface area (Å²) in [6.07, 6.45) is 5.12. The first-order chi connectivity index (χ1) is 8.65. The average molecular weight is 250 g/mol. The third kappa shape index (κ3) is 2.74. The quantitative estimate of drug-likeness (QED) is 0.893. The highest BCUT2D eigenvalue weighted by atomic mass is 15.4. The first-order valence-electron chi connectivity index (χ1n) is 7.28. The molecule has 0 aliphatic heterocycles. The molecule has 1 aromatic rings. The summed E-state index contributed by atoms with van der Waals surface area (Å²) >= 11 is 0. The maximum absolute atomic E-state index is 4.60. The molecule has 102 valence electrons. The Labute approximate surface area is 110 Å². The number of likely N-dealkylation sites (N-methyl/N-ethyl adjacent to an activating group) is 1. The summed E-state index contributed by atoms with van der Waals surface area (Å²) in [6, 6.07) is 1.03. The summed E-state index contributed by atoms with van der Waals surface area (Å²) in [5.74, 6) is 2.78. The van der Waals surface area contributed by atoms with Crippen LogP contribution in [0.25, 0.3) is 0 Å². The lowest BCUT2D eigenvalue weighted by molar-refractivity contribution is 0.189. The summed E-state index contributed by atoms with van der Waals surface area (Å²) < 4.78 is 2.16. The van der Waals surface area contributed by atoms with Gasteiger partial charge in [0.2, 0.25) is 0 Å². The molecular weight excluding hydrogens is 224 g/mol. The molecule has 1 aliphatic carbocycles. The van der Waals surface area contributed by atoms with E-state index in [2.05, 4.69) is 40.9 Å². The Hall–Kier alpha value is -0.900. The van der Waals surface area contributed by atoms with Gasteiger partial charge in [-0.05, 0) is 45.6 Å². The molecule has 1 saturated carbocycles. The third-order valence-electron chi connectivity index (χ3n) is 4.19. The Bertz CT molecular complexity index is 385. The van der Waals surface area contributed by atoms with Gasteiger partial charge in [-0.25, -0.2) is 9.67 Å². The lowest BCUT2D eigenvalue weighted by Gasteiger charge is -2.36. The van der Waals surface area contributed by atoms with Crippen molar-refractivity contribution >= 4 is 0 Å². The van der Waals surface area contributed by atoms with Gasteiger partial charge in [0.1, 0.15) is 11.6 Å². The van der Waals surface area contributed by atoms with E-state index in [0.717, 1.165) is 24.1 Å². The topological polar surface area (TPSA) is 42.7 Å². The third-order valence-corrected chi connectivity index (χ3v) is 4.19. The van der Waals surface area contributed by atoms with Crippen LogP contribution in [-0.2, 0) is 0 Å². The predicted molar refractivity (Wildman–Crippen MR) is 73.6 cm³/mol. The molecule has 0 radical (unpaired) electrons. The van der Waals surface area contributed by atoms with Gasteiger partial charge in [-0.2, -0.15) is 5.10 Å². The van der Waals surface area contributed by atoms with E-state index in [1.807, 2.05) is 6.92 Å². The molecule has 0 aromatic carbocycles. The fourth-order valence-electron chi connectivity index (χ4n) is 3.22. The number of hydrogen-bond donors (Lipinski definition) is 1. The van der Waals surface area contributed by atoms with E-state index in [4.69, 9.17) is 0 Å². The number of nitrogens with zero attached hydrogens (tertiary/aromatic N) is 3. The monoisotopic (exact) mass is 250 g/mol. The fraction of sp³-hybridized carbons (Fsp3) is 0.857. The van der Waals surface area contributed by atoms with Crippen molar-refractivity contribution in [3.63, 3.8) is 0 Å². The number of rotatable bonds is 4. The molecule has 18 heavy (non-hydrogen) atoms. The van der Waals surface area contributed by atoms with E-state index in [9.17, 15) is 0 Å². The van der Waals surface area contributed by atoms with Gasteiger partial charge in [-0.1, -0.05) is 20.3 Å². The summed E-state index contributed by atoms with van der Waals surface area (Å²) in [4.78, 5) is 4.46. The van der Waals surface area contributed by atoms with Gasteiger partial charge in [0.25, 0.3) is 0 Å². The molecular formula is C14H26N4. The second-order valence-corrected chi connectivity index (χ2v) is 5.47. The van der Waals surface area contributed by atoms with Crippen LogP contribution in [0.3, 0.4) is 0 Å². The van der Waals surface area contributed by atoms with Gasteiger partial charge in [-0.15, -0.1) is 0 Å². The predicted octanol–water partition coefficient (Wildman–Crippen LogP) is 2.62. The van der Waals surface area contributed by atoms with Gasteiger partial charge in [-0.3, -0.25) is 0 Å². The molecule has 1 heterocycles. The largest absolute Gasteiger partial charge is 0.312 e. The number of nitrogens with one attached hydrogen (secondary N) is 1. The average Bonchev–Trinajstić information content (AvgIpc) is 2.69. The van der Waals surface area contributed by atoms with Crippen LogP contribution in [0.4, 0.5) is 0 Å². The zero-order chi connectivity index (χ0) is 13.1. The second kappa shape index (κ2) is 5.83. The molecule has 0 spiro atoms. The molecule has 1 N–H and O–H groups in total. The Balaban J connectivity index is 2.21. The zero-order valence-corrected chi connectivity index (χ0v) is 12.1. The molecule has 1 fully saturated rings. The first kappa shape index (κ1) is 13.5.